The van der Waals surface area contributed by atoms with Gasteiger partial charge in [-0.05, 0) is 31.8 Å². The average molecular weight is 252 g/mol. The molecule has 0 spiro atoms. The highest BCUT2D eigenvalue weighted by Gasteiger charge is 2.50. The van der Waals surface area contributed by atoms with Gasteiger partial charge in [0.1, 0.15) is 5.76 Å². The topological polar surface area (TPSA) is 52.6 Å². The van der Waals surface area contributed by atoms with Gasteiger partial charge in [-0.25, -0.2) is 0 Å². The van der Waals surface area contributed by atoms with Gasteiger partial charge in [-0.15, -0.1) is 0 Å². The molecule has 4 heteroatoms. The fraction of sp³-hybridized carbons (Fsp3) is 0.714. The first-order chi connectivity index (χ1) is 8.48. The summed E-state index contributed by atoms with van der Waals surface area (Å²) < 4.78 is 10.4. The molecule has 1 atom stereocenters. The van der Waals surface area contributed by atoms with E-state index >= 15 is 0 Å². The number of ether oxygens (including phenoxy) is 2. The maximum atomic E-state index is 12.0. The zero-order chi connectivity index (χ0) is 13.3. The highest BCUT2D eigenvalue weighted by molar-refractivity contribution is 5.97. The average Bonchev–Trinajstić information content (AvgIpc) is 2.28. The molecule has 100 valence electrons. The molecule has 2 aliphatic rings. The van der Waals surface area contributed by atoms with E-state index in [1.807, 2.05) is 13.8 Å². The van der Waals surface area contributed by atoms with Crippen molar-refractivity contribution in [3.8, 4) is 0 Å². The highest BCUT2D eigenvalue weighted by Crippen LogP contribution is 2.47. The van der Waals surface area contributed by atoms with Crippen LogP contribution in [-0.2, 0) is 19.1 Å². The van der Waals surface area contributed by atoms with Gasteiger partial charge in [0, 0.05) is 11.8 Å². The van der Waals surface area contributed by atoms with E-state index in [4.69, 9.17) is 9.47 Å². The third kappa shape index (κ3) is 2.04. The lowest BCUT2D eigenvalue weighted by atomic mass is 9.68. The van der Waals surface area contributed by atoms with E-state index in [2.05, 4.69) is 0 Å². The standard InChI is InChI=1S/C14H20O4/c1-4-17-12(15)11-13(16)18-10-8-6-5-7-9(10)14(11,2)3/h11H,4-8H2,1-3H3. The third-order valence-electron chi connectivity index (χ3n) is 3.90. The summed E-state index contributed by atoms with van der Waals surface area (Å²) >= 11 is 0. The van der Waals surface area contributed by atoms with E-state index in [1.165, 1.54) is 0 Å². The summed E-state index contributed by atoms with van der Waals surface area (Å²) in [6, 6.07) is 0. The third-order valence-corrected chi connectivity index (χ3v) is 3.90. The van der Waals surface area contributed by atoms with Crippen molar-refractivity contribution in [3.63, 3.8) is 0 Å². The molecule has 0 amide bonds. The van der Waals surface area contributed by atoms with Crippen molar-refractivity contribution in [2.24, 2.45) is 11.3 Å². The van der Waals surface area contributed by atoms with E-state index in [0.717, 1.165) is 37.0 Å². The number of allylic oxidation sites excluding steroid dienone is 2. The first kappa shape index (κ1) is 13.1. The van der Waals surface area contributed by atoms with Gasteiger partial charge in [0.2, 0.25) is 0 Å². The van der Waals surface area contributed by atoms with Gasteiger partial charge in [-0.1, -0.05) is 13.8 Å². The lowest BCUT2D eigenvalue weighted by molar-refractivity contribution is -0.167. The van der Waals surface area contributed by atoms with Crippen LogP contribution in [0.1, 0.15) is 46.5 Å². The SMILES string of the molecule is CCOC(=O)C1C(=O)OC2=C(CCCC2)C1(C)C. The Balaban J connectivity index is 2.35. The minimum atomic E-state index is -0.825. The molecule has 2 rings (SSSR count). The predicted molar refractivity (Wildman–Crippen MR) is 65.5 cm³/mol. The number of hydrogen-bond donors (Lipinski definition) is 0. The Labute approximate surface area is 107 Å². The van der Waals surface area contributed by atoms with Gasteiger partial charge in [-0.2, -0.15) is 0 Å². The van der Waals surface area contributed by atoms with Crippen LogP contribution in [0.2, 0.25) is 0 Å². The number of carbonyl (C=O) groups is 2. The van der Waals surface area contributed by atoms with Crippen LogP contribution in [0.3, 0.4) is 0 Å². The van der Waals surface area contributed by atoms with Gasteiger partial charge in [0.15, 0.2) is 5.92 Å². The molecule has 0 saturated carbocycles. The van der Waals surface area contributed by atoms with Crippen LogP contribution in [0.25, 0.3) is 0 Å². The van der Waals surface area contributed by atoms with Crippen molar-refractivity contribution in [1.82, 2.24) is 0 Å². The largest absolute Gasteiger partial charge is 0.465 e. The maximum absolute atomic E-state index is 12.0. The van der Waals surface area contributed by atoms with Crippen LogP contribution in [0, 0.1) is 11.3 Å². The summed E-state index contributed by atoms with van der Waals surface area (Å²) in [5.74, 6) is -0.963. The summed E-state index contributed by atoms with van der Waals surface area (Å²) in [4.78, 5) is 24.0. The zero-order valence-electron chi connectivity index (χ0n) is 11.2. The molecule has 4 nitrogen and oxygen atoms in total. The van der Waals surface area contributed by atoms with Gasteiger partial charge < -0.3 is 9.47 Å². The molecule has 0 N–H and O–H groups in total. The maximum Gasteiger partial charge on any atom is 0.326 e. The summed E-state index contributed by atoms with van der Waals surface area (Å²) in [6.07, 6.45) is 3.85. The van der Waals surface area contributed by atoms with Crippen molar-refractivity contribution < 1.29 is 19.1 Å². The fourth-order valence-corrected chi connectivity index (χ4v) is 2.94. The van der Waals surface area contributed by atoms with E-state index in [1.54, 1.807) is 6.92 Å². The first-order valence-electron chi connectivity index (χ1n) is 6.59. The molecule has 0 bridgehead atoms. The van der Waals surface area contributed by atoms with Crippen LogP contribution >= 0.6 is 0 Å². The van der Waals surface area contributed by atoms with Crippen molar-refractivity contribution in [3.05, 3.63) is 11.3 Å². The predicted octanol–water partition coefficient (Wildman–Crippen LogP) is 2.58. The quantitative estimate of drug-likeness (QED) is 0.560. The molecular formula is C14H20O4. The van der Waals surface area contributed by atoms with Crippen molar-refractivity contribution in [2.45, 2.75) is 46.5 Å². The normalized spacial score (nSPS) is 26.4. The number of carbonyl (C=O) groups excluding carboxylic acids is 2. The van der Waals surface area contributed by atoms with Gasteiger partial charge >= 0.3 is 11.9 Å². The fourth-order valence-electron chi connectivity index (χ4n) is 2.94. The monoisotopic (exact) mass is 252 g/mol. The Bertz CT molecular complexity index is 406. The second-order valence-corrected chi connectivity index (χ2v) is 5.44. The molecule has 0 aromatic rings. The molecule has 1 unspecified atom stereocenters. The van der Waals surface area contributed by atoms with Gasteiger partial charge in [0.25, 0.3) is 0 Å². The van der Waals surface area contributed by atoms with Gasteiger partial charge in [-0.3, -0.25) is 9.59 Å². The van der Waals surface area contributed by atoms with Crippen LogP contribution < -0.4 is 0 Å². The minimum Gasteiger partial charge on any atom is -0.465 e. The Hall–Kier alpha value is -1.32. The second-order valence-electron chi connectivity index (χ2n) is 5.44. The lowest BCUT2D eigenvalue weighted by Gasteiger charge is -2.40. The lowest BCUT2D eigenvalue weighted by Crippen LogP contribution is -2.45. The summed E-state index contributed by atoms with van der Waals surface area (Å²) in [7, 11) is 0. The molecule has 0 aromatic carbocycles. The van der Waals surface area contributed by atoms with Crippen LogP contribution in [0.15, 0.2) is 11.3 Å². The molecule has 0 saturated heterocycles. The summed E-state index contributed by atoms with van der Waals surface area (Å²) in [6.45, 7) is 5.90. The summed E-state index contributed by atoms with van der Waals surface area (Å²) in [5.41, 5.74) is 0.628. The molecule has 1 heterocycles. The van der Waals surface area contributed by atoms with E-state index in [9.17, 15) is 9.59 Å². The molecule has 1 aliphatic heterocycles. The molecule has 0 radical (unpaired) electrons. The van der Waals surface area contributed by atoms with Crippen LogP contribution in [0.4, 0.5) is 0 Å². The Morgan fingerprint density at radius 3 is 2.72 bits per heavy atom. The van der Waals surface area contributed by atoms with E-state index < -0.39 is 23.3 Å². The van der Waals surface area contributed by atoms with Gasteiger partial charge in [0.05, 0.1) is 6.61 Å². The molecular weight excluding hydrogens is 232 g/mol. The number of rotatable bonds is 2. The Kier molecular flexibility index (Phi) is 3.46. The van der Waals surface area contributed by atoms with Crippen LogP contribution in [0.5, 0.6) is 0 Å². The van der Waals surface area contributed by atoms with E-state index in [-0.39, 0.29) is 6.61 Å². The number of esters is 2. The highest BCUT2D eigenvalue weighted by atomic mass is 16.6. The molecule has 1 aliphatic carbocycles. The first-order valence-corrected chi connectivity index (χ1v) is 6.59. The van der Waals surface area contributed by atoms with Crippen molar-refractivity contribution in [1.29, 1.82) is 0 Å². The molecule has 0 aromatic heterocycles. The van der Waals surface area contributed by atoms with Crippen molar-refractivity contribution >= 4 is 11.9 Å². The second kappa shape index (κ2) is 4.75. The smallest absolute Gasteiger partial charge is 0.326 e. The van der Waals surface area contributed by atoms with E-state index in [0.29, 0.717) is 0 Å². The van der Waals surface area contributed by atoms with Crippen LogP contribution in [-0.4, -0.2) is 18.5 Å². The Morgan fingerprint density at radius 2 is 2.06 bits per heavy atom. The Morgan fingerprint density at radius 1 is 1.39 bits per heavy atom. The molecule has 0 fully saturated rings. The summed E-state index contributed by atoms with van der Waals surface area (Å²) in [5, 5.41) is 0. The minimum absolute atomic E-state index is 0.282. The number of hydrogen-bond acceptors (Lipinski definition) is 4. The molecule has 18 heavy (non-hydrogen) atoms. The van der Waals surface area contributed by atoms with Crippen molar-refractivity contribution in [2.75, 3.05) is 6.61 Å². The zero-order valence-corrected chi connectivity index (χ0v) is 11.2.